The van der Waals surface area contributed by atoms with Crippen molar-refractivity contribution in [3.8, 4) is 17.2 Å². The van der Waals surface area contributed by atoms with Crippen LogP contribution in [-0.4, -0.2) is 79.7 Å². The van der Waals surface area contributed by atoms with Gasteiger partial charge in [0, 0.05) is 46.5 Å². The molecule has 1 aromatic heterocycles. The van der Waals surface area contributed by atoms with Gasteiger partial charge in [-0.2, -0.15) is 0 Å². The molecule has 1 atom stereocenters. The summed E-state index contributed by atoms with van der Waals surface area (Å²) in [5.41, 5.74) is -0.129. The second-order valence-corrected chi connectivity index (χ2v) is 13.5. The van der Waals surface area contributed by atoms with Crippen LogP contribution in [0.1, 0.15) is 50.4 Å². The summed E-state index contributed by atoms with van der Waals surface area (Å²) in [6.45, 7) is 7.12. The van der Waals surface area contributed by atoms with Crippen LogP contribution in [0.15, 0.2) is 58.4 Å². The van der Waals surface area contributed by atoms with Gasteiger partial charge >= 0.3 is 6.09 Å². The van der Waals surface area contributed by atoms with E-state index in [1.807, 2.05) is 60.3 Å². The van der Waals surface area contributed by atoms with Gasteiger partial charge in [0.05, 0.1) is 23.5 Å². The molecular weight excluding hydrogens is 615 g/mol. The summed E-state index contributed by atoms with van der Waals surface area (Å²) in [4.78, 5) is 47.7. The predicted molar refractivity (Wildman–Crippen MR) is 186 cm³/mol. The van der Waals surface area contributed by atoms with Crippen molar-refractivity contribution in [2.75, 3.05) is 45.2 Å². The predicted octanol–water partition coefficient (Wildman–Crippen LogP) is 5.59. The number of anilines is 1. The van der Waals surface area contributed by atoms with Gasteiger partial charge in [-0.25, -0.2) is 9.18 Å². The molecule has 2 aliphatic rings. The van der Waals surface area contributed by atoms with E-state index in [4.69, 9.17) is 9.47 Å². The zero-order valence-corrected chi connectivity index (χ0v) is 27.9. The van der Waals surface area contributed by atoms with Crippen LogP contribution < -0.4 is 25.7 Å². The summed E-state index contributed by atoms with van der Waals surface area (Å²) in [7, 11) is 3.80. The molecule has 4 aromatic rings. The minimum atomic E-state index is -0.654. The van der Waals surface area contributed by atoms with E-state index < -0.39 is 28.8 Å². The standard InChI is InChI=1S/C36H41FN6O5/c1-36(2,3)48-35(46)40-24-12-15-42(19-24)31-27(37)18-25-30-33(31)47-29-17-23-11-7-6-10-22(23)16-28(29)43(30)20-26(32(25)44)34(45)39-14-9-8-13-38-21-41(4)5/h6-7,10-11,16-18,20-21,24H,8-9,12-15,19H2,1-5H3,(H,39,45)(H,40,46)/t24-/m1/s1. The second-order valence-electron chi connectivity index (χ2n) is 13.5. The largest absolute Gasteiger partial charge is 0.451 e. The van der Waals surface area contributed by atoms with Gasteiger partial charge in [0.1, 0.15) is 22.4 Å². The van der Waals surface area contributed by atoms with Crippen molar-refractivity contribution in [2.45, 2.75) is 51.7 Å². The lowest BCUT2D eigenvalue weighted by Gasteiger charge is -2.29. The number of hydrogen-bond donors (Lipinski definition) is 2. The third-order valence-electron chi connectivity index (χ3n) is 8.25. The van der Waals surface area contributed by atoms with E-state index >= 15 is 4.39 Å². The molecule has 1 saturated heterocycles. The third-order valence-corrected chi connectivity index (χ3v) is 8.25. The summed E-state index contributed by atoms with van der Waals surface area (Å²) < 4.78 is 29.9. The van der Waals surface area contributed by atoms with Crippen molar-refractivity contribution in [3.05, 3.63) is 70.3 Å². The molecule has 6 rings (SSSR count). The van der Waals surface area contributed by atoms with E-state index in [1.54, 1.807) is 31.7 Å². The van der Waals surface area contributed by atoms with Gasteiger partial charge in [0.15, 0.2) is 17.3 Å². The molecule has 12 heteroatoms. The normalized spacial score (nSPS) is 15.5. The van der Waals surface area contributed by atoms with Crippen LogP contribution in [0.4, 0.5) is 14.9 Å². The van der Waals surface area contributed by atoms with Gasteiger partial charge in [-0.05, 0) is 69.0 Å². The molecular formula is C36H41FN6O5. The monoisotopic (exact) mass is 656 g/mol. The summed E-state index contributed by atoms with van der Waals surface area (Å²) in [5, 5.41) is 7.64. The zero-order valence-electron chi connectivity index (χ0n) is 27.9. The maximum atomic E-state index is 16.2. The number of nitrogens with zero attached hydrogens (tertiary/aromatic N) is 4. The highest BCUT2D eigenvalue weighted by Crippen LogP contribution is 2.48. The number of carbonyl (C=O) groups is 2. The Kier molecular flexibility index (Phi) is 9.00. The van der Waals surface area contributed by atoms with E-state index in [9.17, 15) is 14.4 Å². The van der Waals surface area contributed by atoms with Crippen LogP contribution in [0.3, 0.4) is 0 Å². The van der Waals surface area contributed by atoms with Crippen LogP contribution in [-0.2, 0) is 4.74 Å². The first-order valence-corrected chi connectivity index (χ1v) is 16.2. The fourth-order valence-corrected chi connectivity index (χ4v) is 6.15. The lowest BCUT2D eigenvalue weighted by molar-refractivity contribution is 0.0508. The molecule has 48 heavy (non-hydrogen) atoms. The number of alkyl carbamates (subject to hydrolysis) is 1. The van der Waals surface area contributed by atoms with Gasteiger partial charge in [0.25, 0.3) is 5.91 Å². The second kappa shape index (κ2) is 13.2. The zero-order chi connectivity index (χ0) is 34.2. The quantitative estimate of drug-likeness (QED) is 0.121. The number of ether oxygens (including phenoxy) is 2. The van der Waals surface area contributed by atoms with Gasteiger partial charge < -0.3 is 34.5 Å². The fraction of sp³-hybridized carbons (Fsp3) is 0.389. The summed E-state index contributed by atoms with van der Waals surface area (Å²) in [5.74, 6) is -0.532. The Labute approximate surface area is 278 Å². The summed E-state index contributed by atoms with van der Waals surface area (Å²) in [6.07, 6.45) is 4.75. The van der Waals surface area contributed by atoms with Crippen molar-refractivity contribution < 1.29 is 23.5 Å². The number of halogens is 1. The SMILES string of the molecule is CN(C)C=NCCCCNC(=O)c1cn2c3c(c(N4CC[C@@H](NC(=O)OC(C)(C)C)C4)c(F)cc3c1=O)Oc1cc3ccccc3cc1-2. The Morgan fingerprint density at radius 3 is 2.62 bits per heavy atom. The van der Waals surface area contributed by atoms with Gasteiger partial charge in [-0.3, -0.25) is 14.6 Å². The number of aliphatic imine (C=N–C) groups is 1. The molecule has 1 fully saturated rings. The molecule has 0 saturated carbocycles. The molecule has 0 bridgehead atoms. The Morgan fingerprint density at radius 2 is 1.90 bits per heavy atom. The summed E-state index contributed by atoms with van der Waals surface area (Å²) in [6, 6.07) is 12.5. The van der Waals surface area contributed by atoms with E-state index in [-0.39, 0.29) is 28.4 Å². The number of unbranched alkanes of at least 4 members (excludes halogenated alkanes) is 1. The minimum Gasteiger partial charge on any atom is -0.451 e. The average molecular weight is 657 g/mol. The van der Waals surface area contributed by atoms with Crippen LogP contribution in [0.5, 0.6) is 11.5 Å². The first-order valence-electron chi connectivity index (χ1n) is 16.2. The third kappa shape index (κ3) is 6.78. The number of pyridine rings is 1. The van der Waals surface area contributed by atoms with Crippen LogP contribution >= 0.6 is 0 Å². The first-order chi connectivity index (χ1) is 22.9. The van der Waals surface area contributed by atoms with Crippen LogP contribution in [0.2, 0.25) is 0 Å². The van der Waals surface area contributed by atoms with Crippen molar-refractivity contribution in [3.63, 3.8) is 0 Å². The smallest absolute Gasteiger partial charge is 0.407 e. The topological polar surface area (TPSA) is 118 Å². The molecule has 0 aliphatic carbocycles. The highest BCUT2D eigenvalue weighted by atomic mass is 19.1. The summed E-state index contributed by atoms with van der Waals surface area (Å²) >= 11 is 0. The fourth-order valence-electron chi connectivity index (χ4n) is 6.15. The lowest BCUT2D eigenvalue weighted by atomic mass is 10.0. The Hall–Kier alpha value is -5.13. The number of fused-ring (bicyclic) bond motifs is 3. The molecule has 11 nitrogen and oxygen atoms in total. The van der Waals surface area contributed by atoms with E-state index in [0.717, 1.165) is 17.2 Å². The maximum Gasteiger partial charge on any atom is 0.407 e. The Morgan fingerprint density at radius 1 is 1.15 bits per heavy atom. The lowest BCUT2D eigenvalue weighted by Crippen LogP contribution is -2.40. The van der Waals surface area contributed by atoms with Crippen molar-refractivity contribution in [1.29, 1.82) is 0 Å². The van der Waals surface area contributed by atoms with Crippen LogP contribution in [0, 0.1) is 5.82 Å². The number of benzene rings is 3. The molecule has 0 radical (unpaired) electrons. The molecule has 3 aromatic carbocycles. The molecule has 2 amide bonds. The highest BCUT2D eigenvalue weighted by Gasteiger charge is 2.34. The van der Waals surface area contributed by atoms with E-state index in [0.29, 0.717) is 56.0 Å². The van der Waals surface area contributed by atoms with Gasteiger partial charge in [-0.1, -0.05) is 24.3 Å². The van der Waals surface area contributed by atoms with Crippen molar-refractivity contribution in [1.82, 2.24) is 20.1 Å². The molecule has 2 aliphatic heterocycles. The Balaban J connectivity index is 1.37. The van der Waals surface area contributed by atoms with Crippen molar-refractivity contribution in [2.24, 2.45) is 4.99 Å². The molecule has 2 N–H and O–H groups in total. The number of amides is 2. The number of rotatable bonds is 9. The highest BCUT2D eigenvalue weighted by molar-refractivity contribution is 6.02. The molecule has 252 valence electrons. The van der Waals surface area contributed by atoms with E-state index in [2.05, 4.69) is 15.6 Å². The number of carbonyl (C=O) groups excluding carboxylic acids is 2. The van der Waals surface area contributed by atoms with Gasteiger partial charge in [-0.15, -0.1) is 0 Å². The molecule has 0 unspecified atom stereocenters. The number of hydrogen-bond acceptors (Lipinski definition) is 7. The van der Waals surface area contributed by atoms with Crippen LogP contribution in [0.25, 0.3) is 27.4 Å². The van der Waals surface area contributed by atoms with Gasteiger partial charge in [0.2, 0.25) is 5.43 Å². The number of aromatic nitrogens is 1. The Bertz CT molecular complexity index is 1980. The minimum absolute atomic E-state index is 0.0401. The molecule has 3 heterocycles. The van der Waals surface area contributed by atoms with E-state index in [1.165, 1.54) is 12.3 Å². The first kappa shape index (κ1) is 32.8. The van der Waals surface area contributed by atoms with Crippen molar-refractivity contribution >= 4 is 45.7 Å². The number of nitrogens with one attached hydrogen (secondary N) is 2. The average Bonchev–Trinajstić information content (AvgIpc) is 3.47. The maximum absolute atomic E-state index is 16.2. The molecule has 0 spiro atoms.